The van der Waals surface area contributed by atoms with Crippen LogP contribution in [0.4, 0.5) is 5.69 Å². The van der Waals surface area contributed by atoms with Gasteiger partial charge in [0.05, 0.1) is 7.11 Å². The molecule has 1 aromatic heterocycles. The highest BCUT2D eigenvalue weighted by molar-refractivity contribution is 5.94. The third kappa shape index (κ3) is 4.43. The Kier molecular flexibility index (Phi) is 5.76. The van der Waals surface area contributed by atoms with E-state index in [1.54, 1.807) is 7.11 Å². The lowest BCUT2D eigenvalue weighted by molar-refractivity contribution is 0.0747. The molecule has 2 heterocycles. The van der Waals surface area contributed by atoms with Crippen LogP contribution in [0.2, 0.25) is 0 Å². The molecular weight excluding hydrogens is 416 g/mol. The molecule has 3 aromatic carbocycles. The minimum Gasteiger partial charge on any atom is -0.497 e. The summed E-state index contributed by atoms with van der Waals surface area (Å²) >= 11 is 0. The molecule has 1 fully saturated rings. The third-order valence-corrected chi connectivity index (χ3v) is 5.84. The van der Waals surface area contributed by atoms with Crippen LogP contribution in [0.3, 0.4) is 0 Å². The molecule has 1 amide bonds. The minimum absolute atomic E-state index is 0.0337. The van der Waals surface area contributed by atoms with Gasteiger partial charge in [-0.2, -0.15) is 4.98 Å². The molecule has 0 N–H and O–H groups in total. The maximum absolute atomic E-state index is 13.0. The quantitative estimate of drug-likeness (QED) is 0.459. The number of amides is 1. The Morgan fingerprint density at radius 2 is 1.55 bits per heavy atom. The van der Waals surface area contributed by atoms with Crippen molar-refractivity contribution in [3.05, 3.63) is 84.4 Å². The van der Waals surface area contributed by atoms with Gasteiger partial charge in [-0.25, -0.2) is 0 Å². The van der Waals surface area contributed by atoms with Crippen LogP contribution in [-0.2, 0) is 0 Å². The molecule has 7 nitrogen and oxygen atoms in total. The Labute approximate surface area is 192 Å². The molecule has 0 bridgehead atoms. The molecule has 5 rings (SSSR count). The van der Waals surface area contributed by atoms with Crippen molar-refractivity contribution < 1.29 is 14.1 Å². The van der Waals surface area contributed by atoms with Crippen LogP contribution in [0.25, 0.3) is 22.8 Å². The zero-order valence-electron chi connectivity index (χ0n) is 18.3. The van der Waals surface area contributed by atoms with E-state index in [0.29, 0.717) is 30.4 Å². The van der Waals surface area contributed by atoms with Crippen LogP contribution in [0.1, 0.15) is 10.4 Å². The lowest BCUT2D eigenvalue weighted by atomic mass is 10.1. The maximum atomic E-state index is 13.0. The van der Waals surface area contributed by atoms with Gasteiger partial charge in [0.1, 0.15) is 5.75 Å². The molecule has 7 heteroatoms. The third-order valence-electron chi connectivity index (χ3n) is 5.84. The van der Waals surface area contributed by atoms with Crippen LogP contribution in [-0.4, -0.2) is 54.2 Å². The Hall–Kier alpha value is -4.13. The summed E-state index contributed by atoms with van der Waals surface area (Å²) < 4.78 is 10.6. The van der Waals surface area contributed by atoms with E-state index in [1.165, 1.54) is 0 Å². The summed E-state index contributed by atoms with van der Waals surface area (Å²) in [5, 5.41) is 4.06. The van der Waals surface area contributed by atoms with Crippen LogP contribution < -0.4 is 9.64 Å². The van der Waals surface area contributed by atoms with Gasteiger partial charge in [-0.1, -0.05) is 35.5 Å². The number of rotatable bonds is 5. The molecule has 0 unspecified atom stereocenters. The van der Waals surface area contributed by atoms with Gasteiger partial charge in [0.15, 0.2) is 0 Å². The number of nitrogens with zero attached hydrogens (tertiary/aromatic N) is 4. The molecular formula is C26H24N4O3. The number of methoxy groups -OCH3 is 1. The first-order valence-electron chi connectivity index (χ1n) is 10.9. The van der Waals surface area contributed by atoms with E-state index < -0.39 is 0 Å². The van der Waals surface area contributed by atoms with Crippen molar-refractivity contribution >= 4 is 11.6 Å². The van der Waals surface area contributed by atoms with Crippen molar-refractivity contribution in [2.24, 2.45) is 0 Å². The first-order valence-corrected chi connectivity index (χ1v) is 10.9. The SMILES string of the molecule is COc1ccc(N2CCN(C(=O)c3ccc(-c4nc(-c5ccccc5)no4)cc3)CC2)cc1. The number of piperazine rings is 1. The van der Waals surface area contributed by atoms with Crippen LogP contribution in [0.5, 0.6) is 5.75 Å². The number of anilines is 1. The van der Waals surface area contributed by atoms with Crippen molar-refractivity contribution in [3.8, 4) is 28.6 Å². The number of ether oxygens (including phenoxy) is 1. The predicted molar refractivity (Wildman–Crippen MR) is 126 cm³/mol. The monoisotopic (exact) mass is 440 g/mol. The summed E-state index contributed by atoms with van der Waals surface area (Å²) in [6.45, 7) is 2.94. The highest BCUT2D eigenvalue weighted by atomic mass is 16.5. The Morgan fingerprint density at radius 3 is 2.21 bits per heavy atom. The summed E-state index contributed by atoms with van der Waals surface area (Å²) in [7, 11) is 1.66. The Bertz CT molecular complexity index is 1210. The highest BCUT2D eigenvalue weighted by Gasteiger charge is 2.22. The Balaban J connectivity index is 1.22. The molecule has 0 saturated carbocycles. The van der Waals surface area contributed by atoms with Crippen LogP contribution in [0.15, 0.2) is 83.4 Å². The van der Waals surface area contributed by atoms with E-state index in [1.807, 2.05) is 71.6 Å². The predicted octanol–water partition coefficient (Wildman–Crippen LogP) is 4.37. The largest absolute Gasteiger partial charge is 0.497 e. The van der Waals surface area contributed by atoms with E-state index in [0.717, 1.165) is 35.7 Å². The van der Waals surface area contributed by atoms with Crippen LogP contribution in [0, 0.1) is 0 Å². The first-order chi connectivity index (χ1) is 16.2. The molecule has 1 aliphatic rings. The van der Waals surface area contributed by atoms with E-state index in [9.17, 15) is 4.79 Å². The lowest BCUT2D eigenvalue weighted by Crippen LogP contribution is -2.48. The number of hydrogen-bond acceptors (Lipinski definition) is 6. The topological polar surface area (TPSA) is 71.7 Å². The van der Waals surface area contributed by atoms with Gasteiger partial charge in [0.2, 0.25) is 5.82 Å². The number of benzene rings is 3. The van der Waals surface area contributed by atoms with E-state index in [-0.39, 0.29) is 5.91 Å². The van der Waals surface area contributed by atoms with Gasteiger partial charge in [-0.3, -0.25) is 4.79 Å². The lowest BCUT2D eigenvalue weighted by Gasteiger charge is -2.36. The minimum atomic E-state index is 0.0337. The van der Waals surface area contributed by atoms with Gasteiger partial charge < -0.3 is 19.1 Å². The number of carbonyl (C=O) groups excluding carboxylic acids is 1. The van der Waals surface area contributed by atoms with Crippen molar-refractivity contribution in [3.63, 3.8) is 0 Å². The molecule has 4 aromatic rings. The van der Waals surface area contributed by atoms with Crippen molar-refractivity contribution in [2.45, 2.75) is 0 Å². The fraction of sp³-hybridized carbons (Fsp3) is 0.192. The van der Waals surface area contributed by atoms with Gasteiger partial charge in [0.25, 0.3) is 11.8 Å². The van der Waals surface area contributed by atoms with Gasteiger partial charge in [-0.05, 0) is 48.5 Å². The molecule has 166 valence electrons. The zero-order chi connectivity index (χ0) is 22.6. The standard InChI is InChI=1S/C26H24N4O3/c1-32-23-13-11-22(12-14-23)29-15-17-30(18-16-29)26(31)21-9-7-20(8-10-21)25-27-24(28-33-25)19-5-3-2-4-6-19/h2-14H,15-18H2,1H3. The van der Waals surface area contributed by atoms with Crippen molar-refractivity contribution in [1.82, 2.24) is 15.0 Å². The van der Waals surface area contributed by atoms with Gasteiger partial charge >= 0.3 is 0 Å². The molecule has 1 saturated heterocycles. The molecule has 0 radical (unpaired) electrons. The summed E-state index contributed by atoms with van der Waals surface area (Å²) in [5.74, 6) is 1.85. The van der Waals surface area contributed by atoms with E-state index in [2.05, 4.69) is 27.2 Å². The van der Waals surface area contributed by atoms with Gasteiger partial charge in [0, 0.05) is 48.6 Å². The van der Waals surface area contributed by atoms with E-state index in [4.69, 9.17) is 9.26 Å². The number of carbonyl (C=O) groups is 1. The average molecular weight is 441 g/mol. The van der Waals surface area contributed by atoms with Gasteiger partial charge in [-0.15, -0.1) is 0 Å². The zero-order valence-corrected chi connectivity index (χ0v) is 18.3. The number of hydrogen-bond donors (Lipinski definition) is 0. The Morgan fingerprint density at radius 1 is 0.848 bits per heavy atom. The normalized spacial score (nSPS) is 13.7. The second kappa shape index (κ2) is 9.16. The molecule has 0 spiro atoms. The van der Waals surface area contributed by atoms with Crippen LogP contribution >= 0.6 is 0 Å². The summed E-state index contributed by atoms with van der Waals surface area (Å²) in [4.78, 5) is 21.7. The average Bonchev–Trinajstić information content (AvgIpc) is 3.40. The fourth-order valence-corrected chi connectivity index (χ4v) is 3.94. The van der Waals surface area contributed by atoms with E-state index >= 15 is 0 Å². The number of aromatic nitrogens is 2. The molecule has 0 aliphatic carbocycles. The highest BCUT2D eigenvalue weighted by Crippen LogP contribution is 2.24. The smallest absolute Gasteiger partial charge is 0.258 e. The second-order valence-corrected chi connectivity index (χ2v) is 7.84. The molecule has 0 atom stereocenters. The second-order valence-electron chi connectivity index (χ2n) is 7.84. The van der Waals surface area contributed by atoms with Crippen molar-refractivity contribution in [1.29, 1.82) is 0 Å². The van der Waals surface area contributed by atoms with Crippen molar-refractivity contribution in [2.75, 3.05) is 38.2 Å². The molecule has 33 heavy (non-hydrogen) atoms. The maximum Gasteiger partial charge on any atom is 0.258 e. The summed E-state index contributed by atoms with van der Waals surface area (Å²) in [6, 6.07) is 25.0. The first kappa shape index (κ1) is 20.8. The molecule has 1 aliphatic heterocycles. The fourth-order valence-electron chi connectivity index (χ4n) is 3.94. The summed E-state index contributed by atoms with van der Waals surface area (Å²) in [5.41, 5.74) is 3.47. The summed E-state index contributed by atoms with van der Waals surface area (Å²) in [6.07, 6.45) is 0.